The standard InChI is InChI=1S/C15H19NO/c1-5-11-6-7-14-12(8-11)13(9-16(14)4)15(17)10(2)3/h6-10H,5H2,1-4H3. The minimum Gasteiger partial charge on any atom is -0.350 e. The molecule has 90 valence electrons. The van der Waals surface area contributed by atoms with E-state index in [0.717, 1.165) is 22.9 Å². The van der Waals surface area contributed by atoms with E-state index < -0.39 is 0 Å². The number of aromatic nitrogens is 1. The molecule has 0 saturated carbocycles. The molecule has 2 nitrogen and oxygen atoms in total. The fourth-order valence-electron chi connectivity index (χ4n) is 2.17. The minimum absolute atomic E-state index is 0.0471. The Morgan fingerprint density at radius 2 is 2.06 bits per heavy atom. The van der Waals surface area contributed by atoms with E-state index in [0.29, 0.717) is 0 Å². The zero-order valence-corrected chi connectivity index (χ0v) is 10.9. The Labute approximate surface area is 102 Å². The lowest BCUT2D eigenvalue weighted by atomic mass is 9.99. The Hall–Kier alpha value is -1.57. The second kappa shape index (κ2) is 4.36. The molecule has 0 radical (unpaired) electrons. The topological polar surface area (TPSA) is 22.0 Å². The zero-order chi connectivity index (χ0) is 12.6. The normalized spacial score (nSPS) is 11.4. The van der Waals surface area contributed by atoms with Crippen molar-refractivity contribution in [3.8, 4) is 0 Å². The summed E-state index contributed by atoms with van der Waals surface area (Å²) in [6.07, 6.45) is 2.95. The summed E-state index contributed by atoms with van der Waals surface area (Å²) in [6, 6.07) is 6.38. The Morgan fingerprint density at radius 3 is 2.65 bits per heavy atom. The summed E-state index contributed by atoms with van der Waals surface area (Å²) < 4.78 is 2.03. The molecular weight excluding hydrogens is 210 g/mol. The molecule has 0 aliphatic rings. The highest BCUT2D eigenvalue weighted by atomic mass is 16.1. The maximum absolute atomic E-state index is 12.2. The molecule has 17 heavy (non-hydrogen) atoms. The molecule has 2 rings (SSSR count). The van der Waals surface area contributed by atoms with Crippen LogP contribution in [-0.4, -0.2) is 10.4 Å². The van der Waals surface area contributed by atoms with Crippen molar-refractivity contribution in [1.82, 2.24) is 4.57 Å². The molecule has 1 heterocycles. The molecule has 2 heteroatoms. The molecule has 0 bridgehead atoms. The molecule has 2 aromatic rings. The van der Waals surface area contributed by atoms with Crippen LogP contribution >= 0.6 is 0 Å². The van der Waals surface area contributed by atoms with E-state index in [1.54, 1.807) is 0 Å². The van der Waals surface area contributed by atoms with Gasteiger partial charge in [-0.3, -0.25) is 4.79 Å². The van der Waals surface area contributed by atoms with Crippen LogP contribution in [0.3, 0.4) is 0 Å². The lowest BCUT2D eigenvalue weighted by molar-refractivity contribution is 0.0941. The third kappa shape index (κ3) is 1.99. The second-order valence-corrected chi connectivity index (χ2v) is 4.88. The number of nitrogens with zero attached hydrogens (tertiary/aromatic N) is 1. The largest absolute Gasteiger partial charge is 0.350 e. The molecule has 0 aliphatic heterocycles. The molecule has 0 saturated heterocycles. The van der Waals surface area contributed by atoms with Crippen molar-refractivity contribution in [3.05, 3.63) is 35.5 Å². The monoisotopic (exact) mass is 229 g/mol. The molecule has 0 amide bonds. The first-order valence-electron chi connectivity index (χ1n) is 6.16. The molecule has 1 aromatic heterocycles. The lowest BCUT2D eigenvalue weighted by Gasteiger charge is -2.03. The molecule has 0 atom stereocenters. The predicted molar refractivity (Wildman–Crippen MR) is 71.5 cm³/mol. The van der Waals surface area contributed by atoms with Gasteiger partial charge in [0.15, 0.2) is 5.78 Å². The van der Waals surface area contributed by atoms with Crippen molar-refractivity contribution >= 4 is 16.7 Å². The van der Waals surface area contributed by atoms with Gasteiger partial charge in [0.1, 0.15) is 0 Å². The fourth-order valence-corrected chi connectivity index (χ4v) is 2.17. The van der Waals surface area contributed by atoms with Crippen LogP contribution in [0.2, 0.25) is 0 Å². The molecular formula is C15H19NO. The van der Waals surface area contributed by atoms with Crippen LogP contribution in [0.4, 0.5) is 0 Å². The average Bonchev–Trinajstić information content (AvgIpc) is 2.65. The van der Waals surface area contributed by atoms with Gasteiger partial charge in [-0.1, -0.05) is 26.8 Å². The SMILES string of the molecule is CCc1ccc2c(c1)c(C(=O)C(C)C)cn2C. The highest BCUT2D eigenvalue weighted by Gasteiger charge is 2.16. The molecule has 0 fully saturated rings. The first-order chi connectivity index (χ1) is 8.04. The van der Waals surface area contributed by atoms with Gasteiger partial charge in [0.25, 0.3) is 0 Å². The number of aryl methyl sites for hydroxylation is 2. The minimum atomic E-state index is 0.0471. The molecule has 0 spiro atoms. The van der Waals surface area contributed by atoms with E-state index in [2.05, 4.69) is 25.1 Å². The first kappa shape index (κ1) is 11.9. The van der Waals surface area contributed by atoms with E-state index in [1.165, 1.54) is 5.56 Å². The number of hydrogen-bond acceptors (Lipinski definition) is 1. The Balaban J connectivity index is 2.67. The fraction of sp³-hybridized carbons (Fsp3) is 0.400. The van der Waals surface area contributed by atoms with Crippen LogP contribution in [0.5, 0.6) is 0 Å². The lowest BCUT2D eigenvalue weighted by Crippen LogP contribution is -2.06. The number of Topliss-reactive ketones (excluding diaryl/α,β-unsaturated/α-hetero) is 1. The summed E-state index contributed by atoms with van der Waals surface area (Å²) in [4.78, 5) is 12.2. The van der Waals surface area contributed by atoms with Gasteiger partial charge in [-0.2, -0.15) is 0 Å². The summed E-state index contributed by atoms with van der Waals surface area (Å²) in [6.45, 7) is 6.03. The van der Waals surface area contributed by atoms with Gasteiger partial charge in [-0.15, -0.1) is 0 Å². The number of fused-ring (bicyclic) bond motifs is 1. The van der Waals surface area contributed by atoms with Crippen molar-refractivity contribution in [1.29, 1.82) is 0 Å². The summed E-state index contributed by atoms with van der Waals surface area (Å²) in [7, 11) is 1.99. The van der Waals surface area contributed by atoms with E-state index in [1.807, 2.05) is 31.7 Å². The molecule has 0 unspecified atom stereocenters. The quantitative estimate of drug-likeness (QED) is 0.737. The van der Waals surface area contributed by atoms with E-state index in [4.69, 9.17) is 0 Å². The van der Waals surface area contributed by atoms with Crippen molar-refractivity contribution in [3.63, 3.8) is 0 Å². The number of carbonyl (C=O) groups is 1. The van der Waals surface area contributed by atoms with Crippen LogP contribution in [0.25, 0.3) is 10.9 Å². The Kier molecular flexibility index (Phi) is 3.05. The highest BCUT2D eigenvalue weighted by molar-refractivity contribution is 6.09. The van der Waals surface area contributed by atoms with E-state index >= 15 is 0 Å². The smallest absolute Gasteiger partial charge is 0.167 e. The number of carbonyl (C=O) groups excluding carboxylic acids is 1. The summed E-state index contributed by atoms with van der Waals surface area (Å²) in [5.74, 6) is 0.273. The summed E-state index contributed by atoms with van der Waals surface area (Å²) in [5, 5.41) is 1.09. The van der Waals surface area contributed by atoms with Crippen LogP contribution in [0.15, 0.2) is 24.4 Å². The Bertz CT molecular complexity index is 564. The number of hydrogen-bond donors (Lipinski definition) is 0. The van der Waals surface area contributed by atoms with Gasteiger partial charge in [-0.25, -0.2) is 0 Å². The predicted octanol–water partition coefficient (Wildman–Crippen LogP) is 3.58. The third-order valence-corrected chi connectivity index (χ3v) is 3.25. The van der Waals surface area contributed by atoms with Crippen LogP contribution < -0.4 is 0 Å². The zero-order valence-electron chi connectivity index (χ0n) is 10.9. The van der Waals surface area contributed by atoms with Gasteiger partial charge < -0.3 is 4.57 Å². The highest BCUT2D eigenvalue weighted by Crippen LogP contribution is 2.24. The summed E-state index contributed by atoms with van der Waals surface area (Å²) >= 11 is 0. The second-order valence-electron chi connectivity index (χ2n) is 4.88. The van der Waals surface area contributed by atoms with Crippen molar-refractivity contribution in [2.45, 2.75) is 27.2 Å². The molecule has 0 aliphatic carbocycles. The van der Waals surface area contributed by atoms with Crippen LogP contribution in [-0.2, 0) is 13.5 Å². The van der Waals surface area contributed by atoms with Gasteiger partial charge in [-0.05, 0) is 24.1 Å². The average molecular weight is 229 g/mol. The van der Waals surface area contributed by atoms with Crippen molar-refractivity contribution in [2.75, 3.05) is 0 Å². The van der Waals surface area contributed by atoms with Crippen LogP contribution in [0, 0.1) is 5.92 Å². The molecule has 0 N–H and O–H groups in total. The number of ketones is 1. The van der Waals surface area contributed by atoms with Gasteiger partial charge in [0.2, 0.25) is 0 Å². The van der Waals surface area contributed by atoms with Gasteiger partial charge in [0, 0.05) is 35.6 Å². The number of rotatable bonds is 3. The maximum Gasteiger partial charge on any atom is 0.167 e. The first-order valence-corrected chi connectivity index (χ1v) is 6.16. The number of benzene rings is 1. The summed E-state index contributed by atoms with van der Waals surface area (Å²) in [5.41, 5.74) is 3.26. The third-order valence-electron chi connectivity index (χ3n) is 3.25. The van der Waals surface area contributed by atoms with E-state index in [9.17, 15) is 4.79 Å². The maximum atomic E-state index is 12.2. The Morgan fingerprint density at radius 1 is 1.35 bits per heavy atom. The van der Waals surface area contributed by atoms with Gasteiger partial charge >= 0.3 is 0 Å². The van der Waals surface area contributed by atoms with Crippen LogP contribution in [0.1, 0.15) is 36.7 Å². The van der Waals surface area contributed by atoms with Crippen molar-refractivity contribution < 1.29 is 4.79 Å². The van der Waals surface area contributed by atoms with Gasteiger partial charge in [0.05, 0.1) is 0 Å². The van der Waals surface area contributed by atoms with Crippen molar-refractivity contribution in [2.24, 2.45) is 13.0 Å². The molecule has 1 aromatic carbocycles. The van der Waals surface area contributed by atoms with E-state index in [-0.39, 0.29) is 11.7 Å².